The van der Waals surface area contributed by atoms with Crippen LogP contribution in [0, 0.1) is 0 Å². The number of para-hydroxylation sites is 2. The van der Waals surface area contributed by atoms with E-state index in [0.717, 1.165) is 16.8 Å². The maximum absolute atomic E-state index is 12.6. The molecule has 0 spiro atoms. The largest absolute Gasteiger partial charge is 0.481 e. The van der Waals surface area contributed by atoms with E-state index in [2.05, 4.69) is 51.2 Å². The van der Waals surface area contributed by atoms with Gasteiger partial charge in [0.15, 0.2) is 6.10 Å². The highest BCUT2D eigenvalue weighted by atomic mass is 16.5. The molecule has 0 aromatic heterocycles. The molecule has 1 atom stereocenters. The topological polar surface area (TPSA) is 38.3 Å². The highest BCUT2D eigenvalue weighted by Gasteiger charge is 2.20. The molecule has 128 valence electrons. The van der Waals surface area contributed by atoms with Crippen molar-refractivity contribution in [2.75, 3.05) is 5.32 Å². The van der Waals surface area contributed by atoms with Crippen LogP contribution in [0.4, 0.5) is 5.69 Å². The lowest BCUT2D eigenvalue weighted by molar-refractivity contribution is -0.122. The van der Waals surface area contributed by atoms with Crippen molar-refractivity contribution in [2.24, 2.45) is 0 Å². The third-order valence-corrected chi connectivity index (χ3v) is 4.05. The Kier molecular flexibility index (Phi) is 6.02. The van der Waals surface area contributed by atoms with Gasteiger partial charge in [-0.2, -0.15) is 0 Å². The van der Waals surface area contributed by atoms with Crippen molar-refractivity contribution in [2.45, 2.75) is 52.6 Å². The van der Waals surface area contributed by atoms with Crippen LogP contribution in [-0.2, 0) is 4.79 Å². The second-order valence-corrected chi connectivity index (χ2v) is 6.68. The SMILES string of the molecule is CC(C)c1cccc(C(C)C)c1NC(=O)[C@H](C)Oc1ccccc1. The molecule has 3 nitrogen and oxygen atoms in total. The van der Waals surface area contributed by atoms with Gasteiger partial charge in [0.05, 0.1) is 0 Å². The molecule has 0 aliphatic heterocycles. The fourth-order valence-electron chi connectivity index (χ4n) is 2.68. The van der Waals surface area contributed by atoms with Gasteiger partial charge in [-0.3, -0.25) is 4.79 Å². The van der Waals surface area contributed by atoms with Gasteiger partial charge in [-0.05, 0) is 42.0 Å². The van der Waals surface area contributed by atoms with Gasteiger partial charge < -0.3 is 10.1 Å². The molecule has 0 aliphatic rings. The maximum atomic E-state index is 12.6. The number of hydrogen-bond donors (Lipinski definition) is 1. The van der Waals surface area contributed by atoms with Gasteiger partial charge in [-0.15, -0.1) is 0 Å². The molecule has 2 rings (SSSR count). The number of anilines is 1. The van der Waals surface area contributed by atoms with Crippen molar-refractivity contribution < 1.29 is 9.53 Å². The second kappa shape index (κ2) is 8.00. The average Bonchev–Trinajstić information content (AvgIpc) is 2.55. The summed E-state index contributed by atoms with van der Waals surface area (Å²) in [6, 6.07) is 15.6. The summed E-state index contributed by atoms with van der Waals surface area (Å²) in [7, 11) is 0. The number of amides is 1. The molecule has 1 N–H and O–H groups in total. The normalized spacial score (nSPS) is 12.3. The molecule has 1 amide bonds. The van der Waals surface area contributed by atoms with Crippen molar-refractivity contribution in [1.82, 2.24) is 0 Å². The van der Waals surface area contributed by atoms with Gasteiger partial charge in [-0.1, -0.05) is 64.1 Å². The predicted molar refractivity (Wildman–Crippen MR) is 99.8 cm³/mol. The van der Waals surface area contributed by atoms with E-state index < -0.39 is 6.10 Å². The van der Waals surface area contributed by atoms with Crippen molar-refractivity contribution in [3.05, 3.63) is 59.7 Å². The summed E-state index contributed by atoms with van der Waals surface area (Å²) < 4.78 is 5.74. The molecule has 0 unspecified atom stereocenters. The summed E-state index contributed by atoms with van der Waals surface area (Å²) in [6.07, 6.45) is -0.562. The number of hydrogen-bond acceptors (Lipinski definition) is 2. The summed E-state index contributed by atoms with van der Waals surface area (Å²) in [5, 5.41) is 3.10. The van der Waals surface area contributed by atoms with Crippen LogP contribution in [0.5, 0.6) is 5.75 Å². The zero-order valence-electron chi connectivity index (χ0n) is 15.2. The molecule has 0 fully saturated rings. The van der Waals surface area contributed by atoms with Crippen LogP contribution >= 0.6 is 0 Å². The Morgan fingerprint density at radius 3 is 1.88 bits per heavy atom. The lowest BCUT2D eigenvalue weighted by atomic mass is 9.92. The lowest BCUT2D eigenvalue weighted by Gasteiger charge is -2.22. The van der Waals surface area contributed by atoms with E-state index in [-0.39, 0.29) is 5.91 Å². The first kappa shape index (κ1) is 18.1. The predicted octanol–water partition coefficient (Wildman–Crippen LogP) is 5.34. The lowest BCUT2D eigenvalue weighted by Crippen LogP contribution is -2.31. The summed E-state index contributed by atoms with van der Waals surface area (Å²) in [4.78, 5) is 12.6. The summed E-state index contributed by atoms with van der Waals surface area (Å²) >= 11 is 0. The molecule has 0 saturated carbocycles. The summed E-state index contributed by atoms with van der Waals surface area (Å²) in [6.45, 7) is 10.3. The molecule has 3 heteroatoms. The smallest absolute Gasteiger partial charge is 0.265 e. The monoisotopic (exact) mass is 325 g/mol. The highest BCUT2D eigenvalue weighted by Crippen LogP contribution is 2.32. The molecule has 0 radical (unpaired) electrons. The Morgan fingerprint density at radius 1 is 0.833 bits per heavy atom. The van der Waals surface area contributed by atoms with E-state index in [1.165, 1.54) is 0 Å². The Hall–Kier alpha value is -2.29. The van der Waals surface area contributed by atoms with Gasteiger partial charge in [0, 0.05) is 5.69 Å². The van der Waals surface area contributed by atoms with Gasteiger partial charge in [0.1, 0.15) is 5.75 Å². The van der Waals surface area contributed by atoms with Gasteiger partial charge >= 0.3 is 0 Å². The van der Waals surface area contributed by atoms with Crippen LogP contribution in [-0.4, -0.2) is 12.0 Å². The average molecular weight is 325 g/mol. The van der Waals surface area contributed by atoms with E-state index in [1.807, 2.05) is 30.3 Å². The number of rotatable bonds is 6. The first-order valence-corrected chi connectivity index (χ1v) is 8.55. The molecule has 0 aliphatic carbocycles. The van der Waals surface area contributed by atoms with Crippen LogP contribution in [0.2, 0.25) is 0 Å². The molecule has 2 aromatic carbocycles. The number of benzene rings is 2. The minimum Gasteiger partial charge on any atom is -0.481 e. The van der Waals surface area contributed by atoms with Gasteiger partial charge in [0.2, 0.25) is 0 Å². The zero-order valence-corrected chi connectivity index (χ0v) is 15.2. The molecule has 0 bridgehead atoms. The molecule has 2 aromatic rings. The van der Waals surface area contributed by atoms with Crippen LogP contribution in [0.25, 0.3) is 0 Å². The summed E-state index contributed by atoms with van der Waals surface area (Å²) in [5.41, 5.74) is 3.24. The minimum absolute atomic E-state index is 0.131. The molecule has 0 heterocycles. The second-order valence-electron chi connectivity index (χ2n) is 6.68. The highest BCUT2D eigenvalue weighted by molar-refractivity contribution is 5.95. The first-order chi connectivity index (χ1) is 11.4. The van der Waals surface area contributed by atoms with Gasteiger partial charge in [-0.25, -0.2) is 0 Å². The van der Waals surface area contributed by atoms with Crippen molar-refractivity contribution >= 4 is 11.6 Å². The number of ether oxygens (including phenoxy) is 1. The van der Waals surface area contributed by atoms with E-state index in [4.69, 9.17) is 4.74 Å². The Bertz CT molecular complexity index is 651. The zero-order chi connectivity index (χ0) is 17.7. The number of nitrogens with one attached hydrogen (secondary N) is 1. The van der Waals surface area contributed by atoms with E-state index in [9.17, 15) is 4.79 Å². The van der Waals surface area contributed by atoms with Crippen molar-refractivity contribution in [1.29, 1.82) is 0 Å². The molecule has 0 saturated heterocycles. The fraction of sp³-hybridized carbons (Fsp3) is 0.381. The molecular formula is C21H27NO2. The fourth-order valence-corrected chi connectivity index (χ4v) is 2.68. The van der Waals surface area contributed by atoms with E-state index in [1.54, 1.807) is 6.92 Å². The Labute approximate surface area is 145 Å². The minimum atomic E-state index is -0.562. The van der Waals surface area contributed by atoms with Crippen LogP contribution in [0.15, 0.2) is 48.5 Å². The van der Waals surface area contributed by atoms with E-state index >= 15 is 0 Å². The Morgan fingerprint density at radius 2 is 1.38 bits per heavy atom. The third kappa shape index (κ3) is 4.38. The van der Waals surface area contributed by atoms with Crippen molar-refractivity contribution in [3.8, 4) is 5.75 Å². The summed E-state index contributed by atoms with van der Waals surface area (Å²) in [5.74, 6) is 1.24. The molecule has 24 heavy (non-hydrogen) atoms. The molecular weight excluding hydrogens is 298 g/mol. The van der Waals surface area contributed by atoms with Crippen LogP contribution < -0.4 is 10.1 Å². The van der Waals surface area contributed by atoms with Crippen LogP contribution in [0.3, 0.4) is 0 Å². The van der Waals surface area contributed by atoms with Crippen molar-refractivity contribution in [3.63, 3.8) is 0 Å². The van der Waals surface area contributed by atoms with Gasteiger partial charge in [0.25, 0.3) is 5.91 Å². The standard InChI is InChI=1S/C21H27NO2/c1-14(2)18-12-9-13-19(15(3)4)20(18)22-21(23)16(5)24-17-10-7-6-8-11-17/h6-16H,1-5H3,(H,22,23)/t16-/m0/s1. The third-order valence-electron chi connectivity index (χ3n) is 4.05. The maximum Gasteiger partial charge on any atom is 0.265 e. The Balaban J connectivity index is 2.21. The van der Waals surface area contributed by atoms with E-state index in [0.29, 0.717) is 17.6 Å². The number of carbonyl (C=O) groups excluding carboxylic acids is 1. The first-order valence-electron chi connectivity index (χ1n) is 8.55. The number of carbonyl (C=O) groups is 1. The van der Waals surface area contributed by atoms with Crippen LogP contribution in [0.1, 0.15) is 57.6 Å². The quantitative estimate of drug-likeness (QED) is 0.778.